The molecule has 1 fully saturated rings. The van der Waals surface area contributed by atoms with Crippen LogP contribution < -0.4 is 25.5 Å². The molecule has 2 aromatic carbocycles. The number of carbonyl (C=O) groups is 1. The Kier molecular flexibility index (Phi) is 7.77. The number of aromatic nitrogens is 2. The summed E-state index contributed by atoms with van der Waals surface area (Å²) in [6.45, 7) is -2.49. The van der Waals surface area contributed by atoms with Crippen LogP contribution in [0.2, 0.25) is 0 Å². The maximum absolute atomic E-state index is 13.6. The summed E-state index contributed by atoms with van der Waals surface area (Å²) in [5.74, 6) is 0.519. The Morgan fingerprint density at radius 3 is 2.38 bits per heavy atom. The number of alkyl halides is 2. The van der Waals surface area contributed by atoms with Gasteiger partial charge in [0.1, 0.15) is 25.7 Å². The first kappa shape index (κ1) is 26.1. The van der Waals surface area contributed by atoms with E-state index in [1.807, 2.05) is 0 Å². The maximum atomic E-state index is 13.6. The first-order chi connectivity index (χ1) is 17.8. The fourth-order valence-electron chi connectivity index (χ4n) is 4.31. The number of carbonyl (C=O) groups excluding carboxylic acids is 1. The van der Waals surface area contributed by atoms with Crippen LogP contribution in [0.15, 0.2) is 46.0 Å². The van der Waals surface area contributed by atoms with Gasteiger partial charge in [0.25, 0.3) is 5.56 Å². The Hall–Kier alpha value is -3.93. The van der Waals surface area contributed by atoms with Gasteiger partial charge in [0.15, 0.2) is 17.6 Å². The van der Waals surface area contributed by atoms with Gasteiger partial charge in [0.05, 0.1) is 37.7 Å². The second-order valence-electron chi connectivity index (χ2n) is 8.57. The molecule has 0 radical (unpaired) electrons. The zero-order chi connectivity index (χ0) is 26.7. The van der Waals surface area contributed by atoms with E-state index in [1.54, 1.807) is 18.2 Å². The van der Waals surface area contributed by atoms with Crippen LogP contribution in [0.1, 0.15) is 11.6 Å². The molecule has 4 rings (SSSR count). The molecule has 0 spiro atoms. The molecule has 198 valence electrons. The van der Waals surface area contributed by atoms with E-state index < -0.39 is 49.3 Å². The van der Waals surface area contributed by atoms with E-state index in [9.17, 15) is 23.2 Å². The van der Waals surface area contributed by atoms with E-state index in [0.717, 1.165) is 4.57 Å². The summed E-state index contributed by atoms with van der Waals surface area (Å²) in [4.78, 5) is 40.3. The molecule has 10 nitrogen and oxygen atoms in total. The molecular formula is C25H27F2N3O7. The van der Waals surface area contributed by atoms with Crippen LogP contribution in [0.5, 0.6) is 17.2 Å². The van der Waals surface area contributed by atoms with E-state index in [-0.39, 0.29) is 30.8 Å². The van der Waals surface area contributed by atoms with E-state index in [0.29, 0.717) is 22.6 Å². The molecule has 0 atom stereocenters. The highest BCUT2D eigenvalue weighted by molar-refractivity contribution is 5.81. The Labute approximate surface area is 210 Å². The number of nitrogens with zero attached hydrogens (tertiary/aromatic N) is 3. The Morgan fingerprint density at radius 2 is 1.76 bits per heavy atom. The van der Waals surface area contributed by atoms with Gasteiger partial charge in [-0.15, -0.1) is 0 Å². The molecule has 12 heteroatoms. The third kappa shape index (κ3) is 5.01. The lowest BCUT2D eigenvalue weighted by atomic mass is 10.1. The van der Waals surface area contributed by atoms with E-state index >= 15 is 0 Å². The van der Waals surface area contributed by atoms with Crippen molar-refractivity contribution >= 4 is 16.8 Å². The number of aliphatic hydroxyl groups is 1. The van der Waals surface area contributed by atoms with Crippen molar-refractivity contribution < 1.29 is 32.9 Å². The predicted octanol–water partition coefficient (Wildman–Crippen LogP) is 1.29. The standard InChI is InChI=1S/C25H27F2N3O7/c1-35-21-6-3-15(7-22(21)36-2)11-29-24(33)19-8-17(37-18(9-26)10-27)4-5-20(19)30(25(29)34)16-12-28(13-16)23(32)14-31/h3-8,16,18,31H,9-14H2,1-2H3. The highest BCUT2D eigenvalue weighted by Crippen LogP contribution is 2.28. The molecule has 1 amide bonds. The number of hydrogen-bond acceptors (Lipinski definition) is 7. The van der Waals surface area contributed by atoms with Crippen molar-refractivity contribution in [1.29, 1.82) is 0 Å². The molecule has 0 saturated carbocycles. The number of benzene rings is 2. The van der Waals surface area contributed by atoms with Gasteiger partial charge in [0.2, 0.25) is 5.91 Å². The summed E-state index contributed by atoms with van der Waals surface area (Å²) in [5, 5.41) is 9.24. The molecule has 1 aliphatic heterocycles. The van der Waals surface area contributed by atoms with Crippen LogP contribution in [0.3, 0.4) is 0 Å². The average Bonchev–Trinajstić information content (AvgIpc) is 2.90. The normalized spacial score (nSPS) is 13.6. The van der Waals surface area contributed by atoms with Crippen molar-refractivity contribution in [1.82, 2.24) is 14.0 Å². The van der Waals surface area contributed by atoms with Crippen LogP contribution in [0.4, 0.5) is 8.78 Å². The van der Waals surface area contributed by atoms with Gasteiger partial charge in [-0.3, -0.25) is 18.7 Å². The highest BCUT2D eigenvalue weighted by atomic mass is 19.1. The van der Waals surface area contributed by atoms with Crippen LogP contribution in [-0.2, 0) is 11.3 Å². The topological polar surface area (TPSA) is 112 Å². The number of fused-ring (bicyclic) bond motifs is 1. The van der Waals surface area contributed by atoms with Crippen LogP contribution in [0, 0.1) is 0 Å². The van der Waals surface area contributed by atoms with Crippen molar-refractivity contribution in [3.05, 3.63) is 62.8 Å². The summed E-state index contributed by atoms with van der Waals surface area (Å²) < 4.78 is 44.4. The average molecular weight is 520 g/mol. The molecule has 3 aromatic rings. The third-order valence-corrected chi connectivity index (χ3v) is 6.29. The molecule has 0 bridgehead atoms. The van der Waals surface area contributed by atoms with E-state index in [2.05, 4.69) is 0 Å². The first-order valence-electron chi connectivity index (χ1n) is 11.5. The lowest BCUT2D eigenvalue weighted by Crippen LogP contribution is -2.55. The number of methoxy groups -OCH3 is 2. The lowest BCUT2D eigenvalue weighted by Gasteiger charge is -2.40. The SMILES string of the molecule is COc1ccc(Cn2c(=O)c3cc(OC(CF)CF)ccc3n(C3CN(C(=O)CO)C3)c2=O)cc1OC. The predicted molar refractivity (Wildman–Crippen MR) is 130 cm³/mol. The minimum atomic E-state index is -1.32. The van der Waals surface area contributed by atoms with E-state index in [1.165, 1.54) is 41.9 Å². The van der Waals surface area contributed by atoms with Crippen molar-refractivity contribution in [2.24, 2.45) is 0 Å². The largest absolute Gasteiger partial charge is 0.493 e. The maximum Gasteiger partial charge on any atom is 0.332 e. The number of aliphatic hydroxyl groups excluding tert-OH is 1. The summed E-state index contributed by atoms with van der Waals surface area (Å²) in [5.41, 5.74) is -0.316. The summed E-state index contributed by atoms with van der Waals surface area (Å²) in [6, 6.07) is 8.83. The number of ether oxygens (including phenoxy) is 3. The molecule has 0 aliphatic carbocycles. The number of likely N-dealkylation sites (tertiary alicyclic amines) is 1. The van der Waals surface area contributed by atoms with Gasteiger partial charge >= 0.3 is 5.69 Å². The number of amides is 1. The minimum absolute atomic E-state index is 0.0819. The van der Waals surface area contributed by atoms with Gasteiger partial charge in [0, 0.05) is 13.1 Å². The fourth-order valence-corrected chi connectivity index (χ4v) is 4.31. The summed E-state index contributed by atoms with van der Waals surface area (Å²) in [7, 11) is 2.96. The highest BCUT2D eigenvalue weighted by Gasteiger charge is 2.34. The van der Waals surface area contributed by atoms with Gasteiger partial charge < -0.3 is 24.2 Å². The smallest absolute Gasteiger partial charge is 0.332 e. The molecule has 37 heavy (non-hydrogen) atoms. The summed E-state index contributed by atoms with van der Waals surface area (Å²) in [6.07, 6.45) is -1.32. The quantitative estimate of drug-likeness (QED) is 0.430. The second kappa shape index (κ2) is 11.0. The molecule has 0 unspecified atom stereocenters. The number of rotatable bonds is 10. The zero-order valence-corrected chi connectivity index (χ0v) is 20.4. The van der Waals surface area contributed by atoms with Gasteiger partial charge in [-0.25, -0.2) is 13.6 Å². The van der Waals surface area contributed by atoms with Crippen LogP contribution >= 0.6 is 0 Å². The molecule has 1 aromatic heterocycles. The van der Waals surface area contributed by atoms with Gasteiger partial charge in [-0.05, 0) is 35.9 Å². The van der Waals surface area contributed by atoms with Gasteiger partial charge in [-0.1, -0.05) is 6.07 Å². The molecule has 1 saturated heterocycles. The van der Waals surface area contributed by atoms with Crippen LogP contribution in [0.25, 0.3) is 10.9 Å². The molecule has 2 heterocycles. The first-order valence-corrected chi connectivity index (χ1v) is 11.5. The monoisotopic (exact) mass is 519 g/mol. The second-order valence-corrected chi connectivity index (χ2v) is 8.57. The van der Waals surface area contributed by atoms with Crippen molar-refractivity contribution in [2.45, 2.75) is 18.7 Å². The Morgan fingerprint density at radius 1 is 1.05 bits per heavy atom. The summed E-state index contributed by atoms with van der Waals surface area (Å²) >= 11 is 0. The third-order valence-electron chi connectivity index (χ3n) is 6.29. The lowest BCUT2D eigenvalue weighted by molar-refractivity contribution is -0.140. The van der Waals surface area contributed by atoms with Crippen molar-refractivity contribution in [3.63, 3.8) is 0 Å². The molecular weight excluding hydrogens is 492 g/mol. The zero-order valence-electron chi connectivity index (χ0n) is 20.4. The van der Waals surface area contributed by atoms with Crippen LogP contribution in [-0.4, -0.2) is 78.4 Å². The molecule has 1 N–H and O–H groups in total. The van der Waals surface area contributed by atoms with Gasteiger partial charge in [-0.2, -0.15) is 0 Å². The number of hydrogen-bond donors (Lipinski definition) is 1. The Bertz CT molecular complexity index is 1410. The fraction of sp³-hybridized carbons (Fsp3) is 0.400. The molecule has 1 aliphatic rings. The Balaban J connectivity index is 1.83. The van der Waals surface area contributed by atoms with E-state index in [4.69, 9.17) is 19.3 Å². The number of halogens is 2. The van der Waals surface area contributed by atoms with Crippen molar-refractivity contribution in [3.8, 4) is 17.2 Å². The van der Waals surface area contributed by atoms with Crippen molar-refractivity contribution in [2.75, 3.05) is 47.3 Å². The minimum Gasteiger partial charge on any atom is -0.493 e.